The number of nitrogens with one attached hydrogen (secondary N) is 1. The summed E-state index contributed by atoms with van der Waals surface area (Å²) >= 11 is 0. The van der Waals surface area contributed by atoms with E-state index in [1.54, 1.807) is 12.4 Å². The molecule has 1 aromatic carbocycles. The van der Waals surface area contributed by atoms with Crippen molar-refractivity contribution in [3.8, 4) is 11.3 Å². The van der Waals surface area contributed by atoms with Gasteiger partial charge in [0.25, 0.3) is 0 Å². The van der Waals surface area contributed by atoms with Gasteiger partial charge in [0, 0.05) is 36.0 Å². The van der Waals surface area contributed by atoms with Gasteiger partial charge in [-0.05, 0) is 17.5 Å². The Balaban J connectivity index is 1.71. The molecule has 1 saturated heterocycles. The Morgan fingerprint density at radius 1 is 1.22 bits per heavy atom. The number of fused-ring (bicyclic) bond motifs is 1. The fraction of sp³-hybridized carbons (Fsp3) is 0.409. The summed E-state index contributed by atoms with van der Waals surface area (Å²) in [7, 11) is 0. The number of aromatic nitrogens is 3. The van der Waals surface area contributed by atoms with Gasteiger partial charge in [-0.25, -0.2) is 9.97 Å². The molecule has 140 valence electrons. The minimum Gasteiger partial charge on any atom is -0.370 e. The van der Waals surface area contributed by atoms with Crippen LogP contribution in [-0.2, 0) is 0 Å². The largest absolute Gasteiger partial charge is 0.370 e. The van der Waals surface area contributed by atoms with E-state index in [9.17, 15) is 4.79 Å². The van der Waals surface area contributed by atoms with Crippen molar-refractivity contribution in [3.05, 3.63) is 42.2 Å². The van der Waals surface area contributed by atoms with E-state index >= 15 is 0 Å². The normalized spacial score (nSPS) is 16.4. The molecule has 1 N–H and O–H groups in total. The molecule has 0 bridgehead atoms. The zero-order chi connectivity index (χ0) is 19.4. The Morgan fingerprint density at radius 2 is 1.96 bits per heavy atom. The number of Topliss-reactive ketones (excluding diaryl/α,β-unsaturated/α-hetero) is 1. The number of H-pyrrole nitrogens is 1. The van der Waals surface area contributed by atoms with E-state index in [2.05, 4.69) is 46.9 Å². The second-order valence-electron chi connectivity index (χ2n) is 9.30. The first-order valence-corrected chi connectivity index (χ1v) is 9.38. The number of anilines is 1. The maximum Gasteiger partial charge on any atom is 0.171 e. The van der Waals surface area contributed by atoms with Crippen molar-refractivity contribution in [1.82, 2.24) is 15.0 Å². The molecule has 0 amide bonds. The first-order chi connectivity index (χ1) is 12.6. The molecule has 2 aromatic heterocycles. The molecule has 0 radical (unpaired) electrons. The third-order valence-corrected chi connectivity index (χ3v) is 5.05. The Bertz CT molecular complexity index is 1020. The maximum absolute atomic E-state index is 12.7. The van der Waals surface area contributed by atoms with Crippen molar-refractivity contribution >= 4 is 22.6 Å². The second kappa shape index (κ2) is 5.91. The van der Waals surface area contributed by atoms with Gasteiger partial charge in [-0.2, -0.15) is 0 Å². The molecule has 5 nitrogen and oxygen atoms in total. The highest BCUT2D eigenvalue weighted by molar-refractivity contribution is 6.08. The van der Waals surface area contributed by atoms with E-state index in [1.165, 1.54) is 5.69 Å². The predicted octanol–water partition coefficient (Wildman–Crippen LogP) is 4.70. The molecular formula is C22H26N4O. The van der Waals surface area contributed by atoms with Gasteiger partial charge in [0.15, 0.2) is 11.4 Å². The third-order valence-electron chi connectivity index (χ3n) is 5.05. The van der Waals surface area contributed by atoms with E-state index in [-0.39, 0.29) is 5.78 Å². The molecule has 3 aromatic rings. The second-order valence-corrected chi connectivity index (χ2v) is 9.30. The summed E-state index contributed by atoms with van der Waals surface area (Å²) in [6.45, 7) is 12.4. The zero-order valence-electron chi connectivity index (χ0n) is 16.6. The highest BCUT2D eigenvalue weighted by Gasteiger charge is 2.34. The van der Waals surface area contributed by atoms with Crippen LogP contribution < -0.4 is 4.90 Å². The number of hydrogen-bond acceptors (Lipinski definition) is 4. The van der Waals surface area contributed by atoms with E-state index in [4.69, 9.17) is 4.98 Å². The summed E-state index contributed by atoms with van der Waals surface area (Å²) in [5.74, 6) is 0.0664. The van der Waals surface area contributed by atoms with Crippen LogP contribution in [0.2, 0.25) is 0 Å². The summed E-state index contributed by atoms with van der Waals surface area (Å²) in [5, 5.41) is 0. The number of hydrogen-bond donors (Lipinski definition) is 1. The first-order valence-electron chi connectivity index (χ1n) is 9.38. The molecule has 1 aliphatic rings. The van der Waals surface area contributed by atoms with E-state index in [0.717, 1.165) is 24.3 Å². The Hall–Kier alpha value is -2.69. The molecule has 0 saturated carbocycles. The van der Waals surface area contributed by atoms with Gasteiger partial charge in [0.05, 0.1) is 17.5 Å². The summed E-state index contributed by atoms with van der Waals surface area (Å²) in [4.78, 5) is 27.5. The lowest BCUT2D eigenvalue weighted by molar-refractivity contribution is 0.0860. The highest BCUT2D eigenvalue weighted by atomic mass is 16.1. The lowest BCUT2D eigenvalue weighted by Crippen LogP contribution is -2.53. The number of benzene rings is 1. The van der Waals surface area contributed by atoms with E-state index < -0.39 is 5.41 Å². The van der Waals surface area contributed by atoms with Crippen LogP contribution in [0.1, 0.15) is 45.0 Å². The van der Waals surface area contributed by atoms with Gasteiger partial charge in [0.2, 0.25) is 0 Å². The number of aromatic amines is 1. The van der Waals surface area contributed by atoms with Gasteiger partial charge in [0.1, 0.15) is 5.52 Å². The quantitative estimate of drug-likeness (QED) is 0.686. The van der Waals surface area contributed by atoms with Gasteiger partial charge in [-0.3, -0.25) is 4.79 Å². The first kappa shape index (κ1) is 17.7. The SMILES string of the molecule is CC1(C)CN(c2cccc(-c3cnc4[nH]cc(C(=O)C(C)(C)C)c4n3)c2)C1. The molecular weight excluding hydrogens is 336 g/mol. The fourth-order valence-electron chi connectivity index (χ4n) is 3.64. The van der Waals surface area contributed by atoms with Crippen LogP contribution in [0.25, 0.3) is 22.4 Å². The van der Waals surface area contributed by atoms with Crippen molar-refractivity contribution in [1.29, 1.82) is 0 Å². The monoisotopic (exact) mass is 362 g/mol. The van der Waals surface area contributed by atoms with Crippen LogP contribution in [0, 0.1) is 10.8 Å². The number of nitrogens with zero attached hydrogens (tertiary/aromatic N) is 3. The van der Waals surface area contributed by atoms with Crippen LogP contribution in [0.15, 0.2) is 36.7 Å². The maximum atomic E-state index is 12.7. The smallest absolute Gasteiger partial charge is 0.171 e. The van der Waals surface area contributed by atoms with Crippen molar-refractivity contribution in [3.63, 3.8) is 0 Å². The number of ketones is 1. The lowest BCUT2D eigenvalue weighted by atomic mass is 9.84. The average Bonchev–Trinajstić information content (AvgIpc) is 3.01. The summed E-state index contributed by atoms with van der Waals surface area (Å²) in [6.07, 6.45) is 3.49. The van der Waals surface area contributed by atoms with Crippen LogP contribution in [0.3, 0.4) is 0 Å². The Kier molecular flexibility index (Phi) is 3.88. The molecule has 5 heteroatoms. The minimum atomic E-state index is -0.461. The fourth-order valence-corrected chi connectivity index (χ4v) is 3.64. The predicted molar refractivity (Wildman–Crippen MR) is 109 cm³/mol. The molecule has 0 aliphatic carbocycles. The van der Waals surface area contributed by atoms with Crippen LogP contribution in [0.5, 0.6) is 0 Å². The van der Waals surface area contributed by atoms with Gasteiger partial charge < -0.3 is 9.88 Å². The number of carbonyl (C=O) groups is 1. The van der Waals surface area contributed by atoms with Crippen molar-refractivity contribution < 1.29 is 4.79 Å². The van der Waals surface area contributed by atoms with Crippen LogP contribution >= 0.6 is 0 Å². The third kappa shape index (κ3) is 3.22. The Labute approximate surface area is 159 Å². The molecule has 0 unspecified atom stereocenters. The van der Waals surface area contributed by atoms with Crippen molar-refractivity contribution in [2.75, 3.05) is 18.0 Å². The van der Waals surface area contributed by atoms with E-state index in [0.29, 0.717) is 22.1 Å². The average molecular weight is 362 g/mol. The zero-order valence-corrected chi connectivity index (χ0v) is 16.6. The standard InChI is InChI=1S/C22H26N4O/c1-21(2,3)19(27)16-10-23-20-18(16)25-17(11-24-20)14-7-6-8-15(9-14)26-12-22(4,5)13-26/h6-11H,12-13H2,1-5H3,(H,23,24). The number of carbonyl (C=O) groups excluding carboxylic acids is 1. The molecule has 1 aliphatic heterocycles. The summed E-state index contributed by atoms with van der Waals surface area (Å²) < 4.78 is 0. The molecule has 0 spiro atoms. The van der Waals surface area contributed by atoms with Crippen LogP contribution in [0.4, 0.5) is 5.69 Å². The van der Waals surface area contributed by atoms with Gasteiger partial charge in [-0.15, -0.1) is 0 Å². The topological polar surface area (TPSA) is 61.9 Å². The Morgan fingerprint density at radius 3 is 2.63 bits per heavy atom. The van der Waals surface area contributed by atoms with Crippen molar-refractivity contribution in [2.24, 2.45) is 10.8 Å². The minimum absolute atomic E-state index is 0.0664. The van der Waals surface area contributed by atoms with Gasteiger partial charge in [-0.1, -0.05) is 46.8 Å². The molecule has 27 heavy (non-hydrogen) atoms. The number of rotatable bonds is 3. The molecule has 4 rings (SSSR count). The summed E-state index contributed by atoms with van der Waals surface area (Å²) in [5.41, 5.74) is 4.81. The molecule has 3 heterocycles. The van der Waals surface area contributed by atoms with Crippen LogP contribution in [-0.4, -0.2) is 33.8 Å². The molecule has 1 fully saturated rings. The lowest BCUT2D eigenvalue weighted by Gasteiger charge is -2.47. The van der Waals surface area contributed by atoms with Gasteiger partial charge >= 0.3 is 0 Å². The van der Waals surface area contributed by atoms with Crippen molar-refractivity contribution in [2.45, 2.75) is 34.6 Å². The highest BCUT2D eigenvalue weighted by Crippen LogP contribution is 2.35. The summed E-state index contributed by atoms with van der Waals surface area (Å²) in [6, 6.07) is 8.39. The molecule has 0 atom stereocenters. The van der Waals surface area contributed by atoms with E-state index in [1.807, 2.05) is 26.8 Å².